The van der Waals surface area contributed by atoms with E-state index in [0.29, 0.717) is 5.56 Å². The molecular formula is C20H15ClF2N2O3S. The fraction of sp³-hybridized carbons (Fsp3) is 0.0500. The quantitative estimate of drug-likeness (QED) is 0.603. The molecule has 0 aliphatic carbocycles. The SMILES string of the molecule is O=C(NCc1ccc(F)cc1)c1ccc(NS(=O)(=O)c2ccc(F)c(Cl)c2)cc1. The molecule has 29 heavy (non-hydrogen) atoms. The first kappa shape index (κ1) is 20.8. The van der Waals surface area contributed by atoms with Crippen molar-refractivity contribution in [3.8, 4) is 0 Å². The topological polar surface area (TPSA) is 75.3 Å². The molecule has 0 heterocycles. The Morgan fingerprint density at radius 3 is 2.21 bits per heavy atom. The Hall–Kier alpha value is -2.97. The smallest absolute Gasteiger partial charge is 0.261 e. The van der Waals surface area contributed by atoms with Crippen molar-refractivity contribution in [3.63, 3.8) is 0 Å². The van der Waals surface area contributed by atoms with Gasteiger partial charge in [-0.2, -0.15) is 0 Å². The molecule has 0 saturated carbocycles. The Morgan fingerprint density at radius 1 is 0.931 bits per heavy atom. The Bertz CT molecular complexity index is 1140. The van der Waals surface area contributed by atoms with Gasteiger partial charge in [-0.15, -0.1) is 0 Å². The van der Waals surface area contributed by atoms with Gasteiger partial charge in [0.05, 0.1) is 9.92 Å². The highest BCUT2D eigenvalue weighted by Gasteiger charge is 2.16. The maximum Gasteiger partial charge on any atom is 0.261 e. The largest absolute Gasteiger partial charge is 0.348 e. The fourth-order valence-electron chi connectivity index (χ4n) is 2.43. The van der Waals surface area contributed by atoms with Crippen LogP contribution in [-0.4, -0.2) is 14.3 Å². The van der Waals surface area contributed by atoms with E-state index in [1.807, 2.05) is 0 Å². The van der Waals surface area contributed by atoms with Crippen molar-refractivity contribution >= 4 is 33.2 Å². The average molecular weight is 437 g/mol. The zero-order valence-electron chi connectivity index (χ0n) is 14.8. The van der Waals surface area contributed by atoms with Crippen molar-refractivity contribution in [2.24, 2.45) is 0 Å². The van der Waals surface area contributed by atoms with Crippen molar-refractivity contribution < 1.29 is 22.0 Å². The molecule has 5 nitrogen and oxygen atoms in total. The lowest BCUT2D eigenvalue weighted by atomic mass is 10.2. The molecule has 2 N–H and O–H groups in total. The van der Waals surface area contributed by atoms with E-state index in [9.17, 15) is 22.0 Å². The van der Waals surface area contributed by atoms with Gasteiger partial charge < -0.3 is 5.32 Å². The van der Waals surface area contributed by atoms with Gasteiger partial charge in [-0.25, -0.2) is 17.2 Å². The summed E-state index contributed by atoms with van der Waals surface area (Å²) in [7, 11) is -3.97. The number of hydrogen-bond donors (Lipinski definition) is 2. The number of sulfonamides is 1. The highest BCUT2D eigenvalue weighted by Crippen LogP contribution is 2.22. The maximum atomic E-state index is 13.2. The summed E-state index contributed by atoms with van der Waals surface area (Å²) >= 11 is 5.63. The minimum Gasteiger partial charge on any atom is -0.348 e. The molecule has 0 aliphatic heterocycles. The normalized spacial score (nSPS) is 11.1. The van der Waals surface area contributed by atoms with E-state index in [1.54, 1.807) is 12.1 Å². The first-order valence-corrected chi connectivity index (χ1v) is 10.2. The third-order valence-corrected chi connectivity index (χ3v) is 5.64. The summed E-state index contributed by atoms with van der Waals surface area (Å²) in [6.07, 6.45) is 0. The molecule has 0 spiro atoms. The van der Waals surface area contributed by atoms with Gasteiger partial charge in [0.25, 0.3) is 15.9 Å². The second kappa shape index (κ2) is 8.59. The Kier molecular flexibility index (Phi) is 6.14. The van der Waals surface area contributed by atoms with Crippen LogP contribution in [0.3, 0.4) is 0 Å². The highest BCUT2D eigenvalue weighted by molar-refractivity contribution is 7.92. The number of nitrogens with one attached hydrogen (secondary N) is 2. The molecule has 1 amide bonds. The van der Waals surface area contributed by atoms with E-state index in [-0.39, 0.29) is 33.9 Å². The van der Waals surface area contributed by atoms with Crippen LogP contribution in [0.25, 0.3) is 0 Å². The minimum atomic E-state index is -3.97. The minimum absolute atomic E-state index is 0.190. The number of carbonyl (C=O) groups excluding carboxylic acids is 1. The third-order valence-electron chi connectivity index (χ3n) is 3.97. The molecule has 0 unspecified atom stereocenters. The summed E-state index contributed by atoms with van der Waals surface area (Å²) in [5, 5.41) is 2.38. The standard InChI is InChI=1S/C20H15ClF2N2O3S/c21-18-11-17(9-10-19(18)23)29(27,28)25-16-7-3-14(4-8-16)20(26)24-12-13-1-5-15(22)6-2-13/h1-11,25H,12H2,(H,24,26). The highest BCUT2D eigenvalue weighted by atomic mass is 35.5. The molecule has 9 heteroatoms. The average Bonchev–Trinajstić information content (AvgIpc) is 2.69. The number of anilines is 1. The lowest BCUT2D eigenvalue weighted by Gasteiger charge is -2.10. The van der Waals surface area contributed by atoms with Gasteiger partial charge in [0.2, 0.25) is 0 Å². The molecule has 0 bridgehead atoms. The third kappa shape index (κ3) is 5.30. The molecule has 0 fully saturated rings. The van der Waals surface area contributed by atoms with E-state index >= 15 is 0 Å². The molecule has 150 valence electrons. The number of hydrogen-bond acceptors (Lipinski definition) is 3. The Labute approximate surface area is 171 Å². The van der Waals surface area contributed by atoms with Crippen LogP contribution in [0.5, 0.6) is 0 Å². The van der Waals surface area contributed by atoms with E-state index < -0.39 is 15.8 Å². The van der Waals surface area contributed by atoms with Crippen LogP contribution < -0.4 is 10.0 Å². The van der Waals surface area contributed by atoms with Gasteiger partial charge in [-0.3, -0.25) is 9.52 Å². The number of halogens is 3. The number of carbonyl (C=O) groups is 1. The predicted octanol–water partition coefficient (Wildman–Crippen LogP) is 4.35. The molecule has 0 aromatic heterocycles. The van der Waals surface area contributed by atoms with Crippen molar-refractivity contribution in [2.75, 3.05) is 4.72 Å². The number of amides is 1. The molecule has 0 radical (unpaired) electrons. The van der Waals surface area contributed by atoms with Crippen molar-refractivity contribution in [3.05, 3.63) is 94.5 Å². The zero-order chi connectivity index (χ0) is 21.0. The van der Waals surface area contributed by atoms with E-state index in [1.165, 1.54) is 36.4 Å². The van der Waals surface area contributed by atoms with Crippen LogP contribution in [0.4, 0.5) is 14.5 Å². The molecular weight excluding hydrogens is 422 g/mol. The summed E-state index contributed by atoms with van der Waals surface area (Å²) in [6.45, 7) is 0.221. The van der Waals surface area contributed by atoms with Gasteiger partial charge in [-0.05, 0) is 60.2 Å². The van der Waals surface area contributed by atoms with E-state index in [2.05, 4.69) is 10.0 Å². The lowest BCUT2D eigenvalue weighted by Crippen LogP contribution is -2.22. The summed E-state index contributed by atoms with van der Waals surface area (Å²) in [6, 6.07) is 14.6. The van der Waals surface area contributed by atoms with Gasteiger partial charge >= 0.3 is 0 Å². The molecule has 0 atom stereocenters. The van der Waals surface area contributed by atoms with Crippen LogP contribution in [0, 0.1) is 11.6 Å². The Morgan fingerprint density at radius 2 is 1.59 bits per heavy atom. The van der Waals surface area contributed by atoms with Crippen molar-refractivity contribution in [2.45, 2.75) is 11.4 Å². The van der Waals surface area contributed by atoms with Crippen LogP contribution >= 0.6 is 11.6 Å². The predicted molar refractivity (Wildman–Crippen MR) is 106 cm³/mol. The lowest BCUT2D eigenvalue weighted by molar-refractivity contribution is 0.0951. The first-order valence-electron chi connectivity index (χ1n) is 8.35. The maximum absolute atomic E-state index is 13.2. The van der Waals surface area contributed by atoms with E-state index in [0.717, 1.165) is 23.8 Å². The summed E-state index contributed by atoms with van der Waals surface area (Å²) in [5.41, 5.74) is 1.28. The second-order valence-corrected chi connectivity index (χ2v) is 8.16. The summed E-state index contributed by atoms with van der Waals surface area (Å²) in [4.78, 5) is 12.0. The zero-order valence-corrected chi connectivity index (χ0v) is 16.4. The molecule has 0 aliphatic rings. The molecule has 0 saturated heterocycles. The van der Waals surface area contributed by atoms with Gasteiger partial charge in [-0.1, -0.05) is 23.7 Å². The van der Waals surface area contributed by atoms with Crippen LogP contribution in [-0.2, 0) is 16.6 Å². The van der Waals surface area contributed by atoms with E-state index in [4.69, 9.17) is 11.6 Å². The fourth-order valence-corrected chi connectivity index (χ4v) is 3.76. The van der Waals surface area contributed by atoms with Crippen LogP contribution in [0.15, 0.2) is 71.6 Å². The van der Waals surface area contributed by atoms with Crippen molar-refractivity contribution in [1.82, 2.24) is 5.32 Å². The van der Waals surface area contributed by atoms with Crippen LogP contribution in [0.1, 0.15) is 15.9 Å². The molecule has 3 rings (SSSR count). The molecule has 3 aromatic rings. The summed E-state index contributed by atoms with van der Waals surface area (Å²) < 4.78 is 53.2. The first-order chi connectivity index (χ1) is 13.7. The van der Waals surface area contributed by atoms with Gasteiger partial charge in [0, 0.05) is 17.8 Å². The van der Waals surface area contributed by atoms with Gasteiger partial charge in [0.15, 0.2) is 0 Å². The monoisotopic (exact) mass is 436 g/mol. The number of benzene rings is 3. The second-order valence-electron chi connectivity index (χ2n) is 6.07. The number of rotatable bonds is 6. The molecule has 3 aromatic carbocycles. The van der Waals surface area contributed by atoms with Crippen LogP contribution in [0.2, 0.25) is 5.02 Å². The summed E-state index contributed by atoms with van der Waals surface area (Å²) in [5.74, 6) is -1.45. The Balaban J connectivity index is 1.65. The van der Waals surface area contributed by atoms with Gasteiger partial charge in [0.1, 0.15) is 11.6 Å². The van der Waals surface area contributed by atoms with Crippen molar-refractivity contribution in [1.29, 1.82) is 0 Å².